The molecule has 0 amide bonds. The van der Waals surface area contributed by atoms with Crippen molar-refractivity contribution in [3.05, 3.63) is 0 Å². The van der Waals surface area contributed by atoms with Crippen LogP contribution in [0.2, 0.25) is 0 Å². The van der Waals surface area contributed by atoms with E-state index < -0.39 is 10.0 Å². The van der Waals surface area contributed by atoms with Crippen molar-refractivity contribution in [1.29, 1.82) is 0 Å². The van der Waals surface area contributed by atoms with Gasteiger partial charge in [0.05, 0.1) is 12.4 Å². The number of hydrogen-bond acceptors (Lipinski definition) is 3. The van der Waals surface area contributed by atoms with E-state index in [2.05, 4.69) is 0 Å². The molecule has 0 radical (unpaired) electrons. The highest BCUT2D eigenvalue weighted by molar-refractivity contribution is 7.88. The van der Waals surface area contributed by atoms with E-state index in [4.69, 9.17) is 4.84 Å². The van der Waals surface area contributed by atoms with Gasteiger partial charge in [-0.15, -0.1) is 0 Å². The van der Waals surface area contributed by atoms with E-state index in [0.29, 0.717) is 19.6 Å². The summed E-state index contributed by atoms with van der Waals surface area (Å²) in [5.74, 6) is 0.187. The van der Waals surface area contributed by atoms with E-state index >= 15 is 0 Å². The highest BCUT2D eigenvalue weighted by Gasteiger charge is 2.22. The van der Waals surface area contributed by atoms with Crippen molar-refractivity contribution in [2.45, 2.75) is 32.6 Å². The predicted octanol–water partition coefficient (Wildman–Crippen LogP) is 1.14. The maximum Gasteiger partial charge on any atom is 0.236 e. The molecule has 0 saturated carbocycles. The lowest BCUT2D eigenvalue weighted by atomic mass is 10.2. The van der Waals surface area contributed by atoms with Crippen LogP contribution in [0.3, 0.4) is 0 Å². The topological polar surface area (TPSA) is 46.6 Å². The van der Waals surface area contributed by atoms with Crippen LogP contribution in [0.4, 0.5) is 0 Å². The molecule has 0 aromatic carbocycles. The quantitative estimate of drug-likeness (QED) is 0.697. The molecule has 1 saturated heterocycles. The second kappa shape index (κ2) is 4.93. The predicted molar refractivity (Wildman–Crippen MR) is 50.6 cm³/mol. The number of rotatable bonds is 3. The van der Waals surface area contributed by atoms with Crippen molar-refractivity contribution in [1.82, 2.24) is 4.47 Å². The van der Waals surface area contributed by atoms with Crippen molar-refractivity contribution < 1.29 is 13.3 Å². The standard InChI is InChI=1S/C8H17NO3S/c1-2-8-13(10,11)9-6-4-3-5-7-12-9/h2-8H2,1H3. The molecule has 0 aromatic heterocycles. The van der Waals surface area contributed by atoms with Crippen LogP contribution in [0.5, 0.6) is 0 Å². The molecule has 0 aliphatic carbocycles. The van der Waals surface area contributed by atoms with Crippen molar-refractivity contribution in [3.8, 4) is 0 Å². The van der Waals surface area contributed by atoms with E-state index in [-0.39, 0.29) is 5.75 Å². The van der Waals surface area contributed by atoms with Gasteiger partial charge in [-0.3, -0.25) is 4.84 Å². The molecule has 0 atom stereocenters. The highest BCUT2D eigenvalue weighted by Crippen LogP contribution is 2.12. The SMILES string of the molecule is CCCS(=O)(=O)N1CCCCCO1. The van der Waals surface area contributed by atoms with Crippen LogP contribution < -0.4 is 0 Å². The van der Waals surface area contributed by atoms with Gasteiger partial charge in [0.2, 0.25) is 10.0 Å². The molecular formula is C8H17NO3S. The fraction of sp³-hybridized carbons (Fsp3) is 1.00. The van der Waals surface area contributed by atoms with Gasteiger partial charge in [-0.25, -0.2) is 8.42 Å². The van der Waals surface area contributed by atoms with Crippen LogP contribution in [-0.4, -0.2) is 31.8 Å². The van der Waals surface area contributed by atoms with E-state index in [0.717, 1.165) is 19.3 Å². The molecule has 13 heavy (non-hydrogen) atoms. The monoisotopic (exact) mass is 207 g/mol. The number of hydrogen-bond donors (Lipinski definition) is 0. The van der Waals surface area contributed by atoms with Gasteiger partial charge in [-0.05, 0) is 25.7 Å². The minimum absolute atomic E-state index is 0.187. The Morgan fingerprint density at radius 2 is 2.08 bits per heavy atom. The molecule has 78 valence electrons. The maximum atomic E-state index is 11.5. The normalized spacial score (nSPS) is 21.3. The Morgan fingerprint density at radius 1 is 1.31 bits per heavy atom. The molecule has 1 heterocycles. The van der Waals surface area contributed by atoms with Gasteiger partial charge in [-0.2, -0.15) is 0 Å². The van der Waals surface area contributed by atoms with Crippen molar-refractivity contribution in [2.24, 2.45) is 0 Å². The summed E-state index contributed by atoms with van der Waals surface area (Å²) in [6, 6.07) is 0. The van der Waals surface area contributed by atoms with E-state index in [1.54, 1.807) is 0 Å². The second-order valence-corrected chi connectivity index (χ2v) is 5.22. The van der Waals surface area contributed by atoms with E-state index in [1.165, 1.54) is 4.47 Å². The Balaban J connectivity index is 2.57. The Kier molecular flexibility index (Phi) is 4.15. The van der Waals surface area contributed by atoms with Gasteiger partial charge >= 0.3 is 0 Å². The van der Waals surface area contributed by atoms with Crippen LogP contribution in [0.1, 0.15) is 32.6 Å². The smallest absolute Gasteiger partial charge is 0.236 e. The maximum absolute atomic E-state index is 11.5. The summed E-state index contributed by atoms with van der Waals surface area (Å²) in [6.07, 6.45) is 3.56. The first-order valence-corrected chi connectivity index (χ1v) is 6.41. The average molecular weight is 207 g/mol. The molecule has 1 aliphatic heterocycles. The zero-order chi connectivity index (χ0) is 9.73. The third-order valence-electron chi connectivity index (χ3n) is 1.99. The molecule has 4 nitrogen and oxygen atoms in total. The average Bonchev–Trinajstić information content (AvgIpc) is 2.31. The molecule has 1 rings (SSSR count). The third-order valence-corrected chi connectivity index (χ3v) is 3.83. The van der Waals surface area contributed by atoms with Crippen LogP contribution in [0.15, 0.2) is 0 Å². The molecular weight excluding hydrogens is 190 g/mol. The van der Waals surface area contributed by atoms with Crippen LogP contribution in [0, 0.1) is 0 Å². The Hall–Kier alpha value is -0.130. The second-order valence-electron chi connectivity index (χ2n) is 3.24. The van der Waals surface area contributed by atoms with Crippen LogP contribution >= 0.6 is 0 Å². The van der Waals surface area contributed by atoms with Gasteiger partial charge in [0, 0.05) is 6.54 Å². The summed E-state index contributed by atoms with van der Waals surface area (Å²) in [5, 5.41) is 0. The first-order valence-electron chi connectivity index (χ1n) is 4.80. The molecule has 0 unspecified atom stereocenters. The molecule has 5 heteroatoms. The summed E-state index contributed by atoms with van der Waals surface area (Å²) in [6.45, 7) is 2.90. The highest BCUT2D eigenvalue weighted by atomic mass is 32.2. The molecule has 0 bridgehead atoms. The Morgan fingerprint density at radius 3 is 2.77 bits per heavy atom. The fourth-order valence-electron chi connectivity index (χ4n) is 1.33. The molecule has 0 spiro atoms. The van der Waals surface area contributed by atoms with Gasteiger partial charge in [-0.1, -0.05) is 11.4 Å². The van der Waals surface area contributed by atoms with Gasteiger partial charge < -0.3 is 0 Å². The van der Waals surface area contributed by atoms with Crippen molar-refractivity contribution >= 4 is 10.0 Å². The lowest BCUT2D eigenvalue weighted by molar-refractivity contribution is -0.0748. The molecule has 0 aromatic rings. The van der Waals surface area contributed by atoms with Crippen LogP contribution in [-0.2, 0) is 14.9 Å². The van der Waals surface area contributed by atoms with Crippen molar-refractivity contribution in [2.75, 3.05) is 18.9 Å². The number of nitrogens with zero attached hydrogens (tertiary/aromatic N) is 1. The lowest BCUT2D eigenvalue weighted by Crippen LogP contribution is -2.33. The zero-order valence-corrected chi connectivity index (χ0v) is 8.85. The first-order chi connectivity index (χ1) is 6.17. The van der Waals surface area contributed by atoms with E-state index in [9.17, 15) is 8.42 Å². The Labute approximate surface area is 79.9 Å². The summed E-state index contributed by atoms with van der Waals surface area (Å²) in [4.78, 5) is 5.17. The first kappa shape index (κ1) is 10.9. The molecule has 1 aliphatic rings. The zero-order valence-electron chi connectivity index (χ0n) is 8.03. The number of sulfonamides is 1. The summed E-state index contributed by atoms with van der Waals surface area (Å²) >= 11 is 0. The third kappa shape index (κ3) is 3.25. The van der Waals surface area contributed by atoms with E-state index in [1.807, 2.05) is 6.92 Å². The number of hydroxylamine groups is 1. The van der Waals surface area contributed by atoms with Gasteiger partial charge in [0.25, 0.3) is 0 Å². The van der Waals surface area contributed by atoms with Gasteiger partial charge in [0.1, 0.15) is 0 Å². The molecule has 0 N–H and O–H groups in total. The minimum atomic E-state index is -3.15. The largest absolute Gasteiger partial charge is 0.284 e. The molecule has 1 fully saturated rings. The van der Waals surface area contributed by atoms with Crippen LogP contribution in [0.25, 0.3) is 0 Å². The van der Waals surface area contributed by atoms with Gasteiger partial charge in [0.15, 0.2) is 0 Å². The fourth-order valence-corrected chi connectivity index (χ4v) is 2.69. The minimum Gasteiger partial charge on any atom is -0.284 e. The summed E-state index contributed by atoms with van der Waals surface area (Å²) < 4.78 is 24.2. The summed E-state index contributed by atoms with van der Waals surface area (Å²) in [5.41, 5.74) is 0. The van der Waals surface area contributed by atoms with Crippen molar-refractivity contribution in [3.63, 3.8) is 0 Å². The summed E-state index contributed by atoms with van der Waals surface area (Å²) in [7, 11) is -3.15. The lowest BCUT2D eigenvalue weighted by Gasteiger charge is -2.18. The Bertz CT molecular complexity index is 230.